The molecule has 2 atom stereocenters. The lowest BCUT2D eigenvalue weighted by Crippen LogP contribution is -2.18. The minimum absolute atomic E-state index is 0.0314. The molecule has 0 spiro atoms. The van der Waals surface area contributed by atoms with Crippen molar-refractivity contribution in [3.8, 4) is 5.75 Å². The maximum Gasteiger partial charge on any atom is 0.186 e. The van der Waals surface area contributed by atoms with Crippen LogP contribution in [0.3, 0.4) is 0 Å². The molecular formula is C16H15FN4O3. The molecule has 2 N–H and O–H groups in total. The number of benzene rings is 1. The molecule has 2 unspecified atom stereocenters. The van der Waals surface area contributed by atoms with Gasteiger partial charge >= 0.3 is 0 Å². The maximum absolute atomic E-state index is 13.4. The molecule has 0 amide bonds. The van der Waals surface area contributed by atoms with Crippen molar-refractivity contribution in [2.75, 3.05) is 11.9 Å². The van der Waals surface area contributed by atoms with Crippen LogP contribution < -0.4 is 4.90 Å². The molecule has 3 heterocycles. The number of phenols is 1. The lowest BCUT2D eigenvalue weighted by molar-refractivity contribution is 0.156. The molecule has 0 aliphatic carbocycles. The Morgan fingerprint density at radius 3 is 2.92 bits per heavy atom. The summed E-state index contributed by atoms with van der Waals surface area (Å²) in [5.74, 6) is 0.254. The van der Waals surface area contributed by atoms with E-state index in [1.165, 1.54) is 18.2 Å². The molecule has 124 valence electrons. The highest BCUT2D eigenvalue weighted by Crippen LogP contribution is 2.38. The minimum atomic E-state index is -0.814. The summed E-state index contributed by atoms with van der Waals surface area (Å²) < 4.78 is 20.0. The molecule has 1 aliphatic heterocycles. The highest BCUT2D eigenvalue weighted by atomic mass is 19.1. The molecule has 8 heteroatoms. The fourth-order valence-corrected chi connectivity index (χ4v) is 2.64. The van der Waals surface area contributed by atoms with Crippen LogP contribution in [0.1, 0.15) is 17.2 Å². The number of aliphatic hydroxyl groups is 1. The fourth-order valence-electron chi connectivity index (χ4n) is 2.64. The molecule has 0 saturated carbocycles. The lowest BCUT2D eigenvalue weighted by Gasteiger charge is -2.19. The Morgan fingerprint density at radius 1 is 1.38 bits per heavy atom. The monoisotopic (exact) mass is 330 g/mol. The van der Waals surface area contributed by atoms with Crippen LogP contribution in [0.25, 0.3) is 5.65 Å². The molecule has 24 heavy (non-hydrogen) atoms. The van der Waals surface area contributed by atoms with E-state index in [1.807, 2.05) is 0 Å². The lowest BCUT2D eigenvalue weighted by atomic mass is 10.2. The van der Waals surface area contributed by atoms with E-state index in [1.54, 1.807) is 34.9 Å². The van der Waals surface area contributed by atoms with Gasteiger partial charge in [0.2, 0.25) is 0 Å². The number of fused-ring (bicyclic) bond motifs is 1. The van der Waals surface area contributed by atoms with Gasteiger partial charge < -0.3 is 19.8 Å². The Kier molecular flexibility index (Phi) is 3.36. The SMILES string of the molecule is CN(Cc1cc(F)ccc1O)c1ccn2ncc(C3OC3O)c2n1. The number of rotatable bonds is 4. The molecule has 4 rings (SSSR count). The quantitative estimate of drug-likeness (QED) is 0.707. The van der Waals surface area contributed by atoms with Crippen LogP contribution >= 0.6 is 0 Å². The largest absolute Gasteiger partial charge is 0.508 e. The number of hydrogen-bond acceptors (Lipinski definition) is 6. The van der Waals surface area contributed by atoms with Gasteiger partial charge in [0.15, 0.2) is 11.9 Å². The molecule has 1 aliphatic rings. The van der Waals surface area contributed by atoms with Gasteiger partial charge in [-0.2, -0.15) is 5.10 Å². The van der Waals surface area contributed by atoms with Crippen LogP contribution in [0.15, 0.2) is 36.7 Å². The molecule has 1 fully saturated rings. The van der Waals surface area contributed by atoms with Crippen molar-refractivity contribution in [3.05, 3.63) is 53.6 Å². The number of halogens is 1. The highest BCUT2D eigenvalue weighted by molar-refractivity contribution is 5.54. The molecule has 0 radical (unpaired) electrons. The number of nitrogens with zero attached hydrogens (tertiary/aromatic N) is 4. The Hall–Kier alpha value is -2.71. The van der Waals surface area contributed by atoms with Gasteiger partial charge in [0, 0.05) is 25.4 Å². The zero-order valence-corrected chi connectivity index (χ0v) is 12.8. The molecule has 3 aromatic rings. The van der Waals surface area contributed by atoms with E-state index in [4.69, 9.17) is 4.74 Å². The number of anilines is 1. The third kappa shape index (κ3) is 2.55. The van der Waals surface area contributed by atoms with Crippen LogP contribution in [-0.2, 0) is 11.3 Å². The summed E-state index contributed by atoms with van der Waals surface area (Å²) in [6.45, 7) is 0.290. The predicted octanol–water partition coefficient (Wildman–Crippen LogP) is 1.60. The van der Waals surface area contributed by atoms with Crippen molar-refractivity contribution in [1.29, 1.82) is 0 Å². The van der Waals surface area contributed by atoms with Gasteiger partial charge in [0.25, 0.3) is 0 Å². The third-order valence-electron chi connectivity index (χ3n) is 4.00. The van der Waals surface area contributed by atoms with Crippen molar-refractivity contribution in [1.82, 2.24) is 14.6 Å². The zero-order chi connectivity index (χ0) is 16.8. The summed E-state index contributed by atoms with van der Waals surface area (Å²) in [5.41, 5.74) is 1.77. The number of aliphatic hydroxyl groups excluding tert-OH is 1. The van der Waals surface area contributed by atoms with E-state index in [-0.39, 0.29) is 5.75 Å². The van der Waals surface area contributed by atoms with Crippen molar-refractivity contribution in [2.45, 2.75) is 18.9 Å². The summed E-state index contributed by atoms with van der Waals surface area (Å²) in [6.07, 6.45) is 2.15. The van der Waals surface area contributed by atoms with Crippen molar-refractivity contribution in [2.24, 2.45) is 0 Å². The Balaban J connectivity index is 1.64. The summed E-state index contributed by atoms with van der Waals surface area (Å²) >= 11 is 0. The van der Waals surface area contributed by atoms with Crippen molar-refractivity contribution in [3.63, 3.8) is 0 Å². The van der Waals surface area contributed by atoms with Crippen LogP contribution in [0.2, 0.25) is 0 Å². The topological polar surface area (TPSA) is 86.4 Å². The van der Waals surface area contributed by atoms with Crippen molar-refractivity contribution < 1.29 is 19.3 Å². The summed E-state index contributed by atoms with van der Waals surface area (Å²) in [6, 6.07) is 5.60. The maximum atomic E-state index is 13.4. The average molecular weight is 330 g/mol. The standard InChI is InChI=1S/C16H15FN4O3/c1-20(8-9-6-10(17)2-3-12(9)22)13-4-5-21-15(19-13)11(7-18-21)14-16(23)24-14/h2-7,14,16,22-23H,8H2,1H3. The van der Waals surface area contributed by atoms with Crippen LogP contribution in [-0.4, -0.2) is 38.1 Å². The van der Waals surface area contributed by atoms with Gasteiger partial charge in [0.05, 0.1) is 11.8 Å². The van der Waals surface area contributed by atoms with Crippen molar-refractivity contribution >= 4 is 11.5 Å². The fraction of sp³-hybridized carbons (Fsp3) is 0.250. The number of aromatic nitrogens is 3. The van der Waals surface area contributed by atoms with Crippen LogP contribution in [0.5, 0.6) is 5.75 Å². The second-order valence-corrected chi connectivity index (χ2v) is 5.73. The predicted molar refractivity (Wildman–Crippen MR) is 83.0 cm³/mol. The van der Waals surface area contributed by atoms with E-state index >= 15 is 0 Å². The van der Waals surface area contributed by atoms with Gasteiger partial charge in [0.1, 0.15) is 23.5 Å². The normalized spacial score (nSPS) is 19.6. The molecule has 2 aromatic heterocycles. The number of hydrogen-bond donors (Lipinski definition) is 2. The van der Waals surface area contributed by atoms with Gasteiger partial charge in [-0.05, 0) is 24.3 Å². The van der Waals surface area contributed by atoms with Gasteiger partial charge in [-0.3, -0.25) is 0 Å². The van der Waals surface area contributed by atoms with E-state index in [9.17, 15) is 14.6 Å². The highest BCUT2D eigenvalue weighted by Gasteiger charge is 2.41. The Labute approximate surface area is 136 Å². The molecule has 1 saturated heterocycles. The first kappa shape index (κ1) is 14.9. The van der Waals surface area contributed by atoms with E-state index in [0.717, 1.165) is 0 Å². The number of phenolic OH excluding ortho intramolecular Hbond substituents is 1. The van der Waals surface area contributed by atoms with E-state index in [0.29, 0.717) is 29.1 Å². The molecular weight excluding hydrogens is 315 g/mol. The van der Waals surface area contributed by atoms with Crippen LogP contribution in [0.4, 0.5) is 10.2 Å². The minimum Gasteiger partial charge on any atom is -0.508 e. The zero-order valence-electron chi connectivity index (χ0n) is 12.8. The second kappa shape index (κ2) is 5.43. The summed E-state index contributed by atoms with van der Waals surface area (Å²) in [7, 11) is 1.79. The van der Waals surface area contributed by atoms with Gasteiger partial charge in [-0.25, -0.2) is 13.9 Å². The van der Waals surface area contributed by atoms with E-state index < -0.39 is 18.2 Å². The summed E-state index contributed by atoms with van der Waals surface area (Å²) in [4.78, 5) is 6.33. The Morgan fingerprint density at radius 2 is 2.17 bits per heavy atom. The first-order valence-electron chi connectivity index (χ1n) is 7.39. The Bertz CT molecular complexity index is 913. The van der Waals surface area contributed by atoms with Crippen LogP contribution in [0, 0.1) is 5.82 Å². The number of aromatic hydroxyl groups is 1. The first-order valence-corrected chi connectivity index (χ1v) is 7.39. The second-order valence-electron chi connectivity index (χ2n) is 5.73. The summed E-state index contributed by atoms with van der Waals surface area (Å²) in [5, 5.41) is 23.5. The first-order chi connectivity index (χ1) is 11.5. The molecule has 0 bridgehead atoms. The van der Waals surface area contributed by atoms with Gasteiger partial charge in [-0.15, -0.1) is 0 Å². The average Bonchev–Trinajstić information content (AvgIpc) is 3.13. The third-order valence-corrected chi connectivity index (χ3v) is 4.00. The van der Waals surface area contributed by atoms with Gasteiger partial charge in [-0.1, -0.05) is 0 Å². The number of epoxide rings is 1. The number of ether oxygens (including phenoxy) is 1. The molecule has 7 nitrogen and oxygen atoms in total. The van der Waals surface area contributed by atoms with E-state index in [2.05, 4.69) is 10.1 Å². The molecule has 1 aromatic carbocycles. The smallest absolute Gasteiger partial charge is 0.186 e.